The van der Waals surface area contributed by atoms with Crippen LogP contribution in [-0.2, 0) is 6.42 Å². The van der Waals surface area contributed by atoms with Crippen LogP contribution < -0.4 is 4.74 Å². The van der Waals surface area contributed by atoms with E-state index < -0.39 is 0 Å². The Labute approximate surface area is 106 Å². The van der Waals surface area contributed by atoms with Crippen molar-refractivity contribution in [2.45, 2.75) is 38.2 Å². The van der Waals surface area contributed by atoms with Crippen molar-refractivity contribution in [3.05, 3.63) is 40.9 Å². The smallest absolute Gasteiger partial charge is 0.123 e. The molecule has 16 heavy (non-hydrogen) atoms. The molecule has 2 heteroatoms. The Morgan fingerprint density at radius 1 is 1.56 bits per heavy atom. The van der Waals surface area contributed by atoms with Gasteiger partial charge in [0.25, 0.3) is 0 Å². The molecule has 0 saturated carbocycles. The molecule has 0 amide bonds. The number of allylic oxidation sites excluding steroid dienone is 1. The molecule has 0 bridgehead atoms. The molecule has 1 aromatic rings. The van der Waals surface area contributed by atoms with Gasteiger partial charge in [0.2, 0.25) is 0 Å². The Kier molecular flexibility index (Phi) is 3.38. The van der Waals surface area contributed by atoms with Gasteiger partial charge in [-0.25, -0.2) is 0 Å². The predicted molar refractivity (Wildman–Crippen MR) is 70.9 cm³/mol. The highest BCUT2D eigenvalue weighted by atomic mass is 79.9. The summed E-state index contributed by atoms with van der Waals surface area (Å²) in [6.45, 7) is 5.97. The zero-order valence-corrected chi connectivity index (χ0v) is 11.2. The number of fused-ring (bicyclic) bond motifs is 1. The molecule has 1 aliphatic heterocycles. The molecule has 1 nitrogen and oxygen atoms in total. The van der Waals surface area contributed by atoms with Gasteiger partial charge in [0.05, 0.1) is 0 Å². The first-order chi connectivity index (χ1) is 7.63. The zero-order chi connectivity index (χ0) is 11.6. The summed E-state index contributed by atoms with van der Waals surface area (Å²) in [6, 6.07) is 6.26. The highest BCUT2D eigenvalue weighted by Gasteiger charge is 2.30. The van der Waals surface area contributed by atoms with Gasteiger partial charge >= 0.3 is 0 Å². The lowest BCUT2D eigenvalue weighted by Crippen LogP contribution is -2.36. The third kappa shape index (κ3) is 2.49. The van der Waals surface area contributed by atoms with E-state index in [2.05, 4.69) is 41.6 Å². The van der Waals surface area contributed by atoms with Crippen molar-refractivity contribution in [2.24, 2.45) is 0 Å². The maximum absolute atomic E-state index is 6.11. The summed E-state index contributed by atoms with van der Waals surface area (Å²) in [6.07, 6.45) is 6.22. The summed E-state index contributed by atoms with van der Waals surface area (Å²) >= 11 is 3.49. The van der Waals surface area contributed by atoms with Crippen LogP contribution in [0.1, 0.15) is 31.7 Å². The van der Waals surface area contributed by atoms with Crippen molar-refractivity contribution in [2.75, 3.05) is 0 Å². The first-order valence-electron chi connectivity index (χ1n) is 5.71. The Hall–Kier alpha value is -0.760. The van der Waals surface area contributed by atoms with Crippen LogP contribution in [0, 0.1) is 0 Å². The Morgan fingerprint density at radius 3 is 3.12 bits per heavy atom. The van der Waals surface area contributed by atoms with Gasteiger partial charge < -0.3 is 4.74 Å². The van der Waals surface area contributed by atoms with E-state index in [4.69, 9.17) is 4.74 Å². The van der Waals surface area contributed by atoms with Crippen molar-refractivity contribution in [1.82, 2.24) is 0 Å². The van der Waals surface area contributed by atoms with Gasteiger partial charge in [-0.15, -0.1) is 6.58 Å². The Bertz CT molecular complexity index is 400. The van der Waals surface area contributed by atoms with Gasteiger partial charge in [-0.2, -0.15) is 0 Å². The number of aryl methyl sites for hydroxylation is 1. The summed E-state index contributed by atoms with van der Waals surface area (Å²) in [7, 11) is 0. The maximum Gasteiger partial charge on any atom is 0.123 e. The fourth-order valence-corrected chi connectivity index (χ4v) is 2.55. The Balaban J connectivity index is 2.16. The standard InChI is InChI=1S/C14H17BrO/c1-3-4-8-14(2)9-7-11-10-12(15)5-6-13(11)16-14/h3,5-6,10H,1,4,7-9H2,2H3. The minimum atomic E-state index is -0.0188. The lowest BCUT2D eigenvalue weighted by molar-refractivity contribution is 0.0572. The molecule has 0 N–H and O–H groups in total. The molecule has 0 aromatic heterocycles. The number of rotatable bonds is 3. The Morgan fingerprint density at radius 2 is 2.38 bits per heavy atom. The van der Waals surface area contributed by atoms with Crippen molar-refractivity contribution < 1.29 is 4.74 Å². The summed E-state index contributed by atoms with van der Waals surface area (Å²) in [4.78, 5) is 0. The minimum absolute atomic E-state index is 0.0188. The van der Waals surface area contributed by atoms with Crippen LogP contribution in [0.4, 0.5) is 0 Å². The second kappa shape index (κ2) is 4.62. The number of halogens is 1. The molecule has 0 spiro atoms. The summed E-state index contributed by atoms with van der Waals surface area (Å²) in [5, 5.41) is 0. The molecule has 1 atom stereocenters. The summed E-state index contributed by atoms with van der Waals surface area (Å²) in [5.74, 6) is 1.04. The molecular formula is C14H17BrO. The van der Waals surface area contributed by atoms with E-state index in [-0.39, 0.29) is 5.60 Å². The van der Waals surface area contributed by atoms with Gasteiger partial charge in [-0.3, -0.25) is 0 Å². The molecule has 0 saturated heterocycles. The van der Waals surface area contributed by atoms with Crippen LogP contribution in [0.5, 0.6) is 5.75 Å². The second-order valence-corrected chi connectivity index (χ2v) is 5.55. The normalized spacial score (nSPS) is 23.4. The quantitative estimate of drug-likeness (QED) is 0.741. The zero-order valence-electron chi connectivity index (χ0n) is 9.63. The minimum Gasteiger partial charge on any atom is -0.487 e. The lowest BCUT2D eigenvalue weighted by Gasteiger charge is -2.35. The van der Waals surface area contributed by atoms with Crippen molar-refractivity contribution >= 4 is 15.9 Å². The van der Waals surface area contributed by atoms with Crippen LogP contribution in [0.3, 0.4) is 0 Å². The molecule has 1 aromatic carbocycles. The van der Waals surface area contributed by atoms with E-state index >= 15 is 0 Å². The molecule has 0 fully saturated rings. The molecule has 0 aliphatic carbocycles. The van der Waals surface area contributed by atoms with E-state index in [0.29, 0.717) is 0 Å². The molecule has 0 radical (unpaired) electrons. The van der Waals surface area contributed by atoms with E-state index in [1.165, 1.54) is 5.56 Å². The van der Waals surface area contributed by atoms with E-state index in [1.54, 1.807) is 0 Å². The molecule has 1 aliphatic rings. The predicted octanol–water partition coefficient (Wildman–Crippen LogP) is 4.50. The van der Waals surface area contributed by atoms with E-state index in [1.807, 2.05) is 12.1 Å². The maximum atomic E-state index is 6.11. The van der Waals surface area contributed by atoms with Crippen molar-refractivity contribution in [1.29, 1.82) is 0 Å². The molecule has 1 heterocycles. The van der Waals surface area contributed by atoms with Gasteiger partial charge in [0, 0.05) is 4.47 Å². The average molecular weight is 281 g/mol. The first kappa shape index (κ1) is 11.7. The topological polar surface area (TPSA) is 9.23 Å². The van der Waals surface area contributed by atoms with Gasteiger partial charge in [-0.05, 0) is 56.4 Å². The summed E-state index contributed by atoms with van der Waals surface area (Å²) in [5.41, 5.74) is 1.29. The molecular weight excluding hydrogens is 264 g/mol. The highest BCUT2D eigenvalue weighted by Crippen LogP contribution is 2.36. The lowest BCUT2D eigenvalue weighted by atomic mass is 9.89. The second-order valence-electron chi connectivity index (χ2n) is 4.63. The fraction of sp³-hybridized carbons (Fsp3) is 0.429. The van der Waals surface area contributed by atoms with Crippen LogP contribution in [0.2, 0.25) is 0 Å². The van der Waals surface area contributed by atoms with E-state index in [9.17, 15) is 0 Å². The highest BCUT2D eigenvalue weighted by molar-refractivity contribution is 9.10. The van der Waals surface area contributed by atoms with Crippen LogP contribution in [-0.4, -0.2) is 5.60 Å². The largest absolute Gasteiger partial charge is 0.487 e. The first-order valence-corrected chi connectivity index (χ1v) is 6.51. The SMILES string of the molecule is C=CCCC1(C)CCc2cc(Br)ccc2O1. The van der Waals surface area contributed by atoms with E-state index in [0.717, 1.165) is 35.9 Å². The molecule has 1 unspecified atom stereocenters. The molecule has 2 rings (SSSR count). The van der Waals surface area contributed by atoms with Crippen LogP contribution in [0.25, 0.3) is 0 Å². The van der Waals surface area contributed by atoms with Gasteiger partial charge in [-0.1, -0.05) is 22.0 Å². The van der Waals surface area contributed by atoms with Crippen molar-refractivity contribution in [3.63, 3.8) is 0 Å². The number of hydrogen-bond donors (Lipinski definition) is 0. The van der Waals surface area contributed by atoms with Gasteiger partial charge in [0.15, 0.2) is 0 Å². The monoisotopic (exact) mass is 280 g/mol. The number of hydrogen-bond acceptors (Lipinski definition) is 1. The van der Waals surface area contributed by atoms with Gasteiger partial charge in [0.1, 0.15) is 11.4 Å². The number of benzene rings is 1. The third-order valence-electron chi connectivity index (χ3n) is 3.18. The van der Waals surface area contributed by atoms with Crippen molar-refractivity contribution in [3.8, 4) is 5.75 Å². The third-order valence-corrected chi connectivity index (χ3v) is 3.67. The summed E-state index contributed by atoms with van der Waals surface area (Å²) < 4.78 is 7.24. The average Bonchev–Trinajstić information content (AvgIpc) is 2.27. The fourth-order valence-electron chi connectivity index (χ4n) is 2.14. The van der Waals surface area contributed by atoms with Crippen LogP contribution in [0.15, 0.2) is 35.3 Å². The van der Waals surface area contributed by atoms with Crippen LogP contribution >= 0.6 is 15.9 Å². The number of ether oxygens (including phenoxy) is 1. The molecule has 86 valence electrons.